The van der Waals surface area contributed by atoms with Crippen LogP contribution < -0.4 is 10.5 Å². The van der Waals surface area contributed by atoms with E-state index in [1.807, 2.05) is 0 Å². The second-order valence-electron chi connectivity index (χ2n) is 6.17. The van der Waals surface area contributed by atoms with Crippen molar-refractivity contribution < 1.29 is 13.5 Å². The van der Waals surface area contributed by atoms with Crippen LogP contribution in [0.3, 0.4) is 0 Å². The van der Waals surface area contributed by atoms with E-state index in [4.69, 9.17) is 10.5 Å². The van der Waals surface area contributed by atoms with Gasteiger partial charge in [-0.05, 0) is 25.0 Å². The van der Waals surface area contributed by atoms with E-state index >= 15 is 0 Å². The Morgan fingerprint density at radius 3 is 2.35 bits per heavy atom. The fourth-order valence-corrected chi connectivity index (χ4v) is 3.74. The molecule has 2 nitrogen and oxygen atoms in total. The average molecular weight is 281 g/mol. The molecule has 0 heterocycles. The van der Waals surface area contributed by atoms with Gasteiger partial charge in [0, 0.05) is 23.9 Å². The van der Waals surface area contributed by atoms with E-state index in [-0.39, 0.29) is 17.6 Å². The van der Waals surface area contributed by atoms with E-state index < -0.39 is 11.6 Å². The first-order chi connectivity index (χ1) is 9.62. The number of benzene rings is 1. The van der Waals surface area contributed by atoms with Crippen molar-refractivity contribution in [2.24, 2.45) is 11.1 Å². The fourth-order valence-electron chi connectivity index (χ4n) is 3.74. The number of hydrogen-bond acceptors (Lipinski definition) is 2. The van der Waals surface area contributed by atoms with Crippen LogP contribution in [0.25, 0.3) is 0 Å². The van der Waals surface area contributed by atoms with Crippen molar-refractivity contribution >= 4 is 0 Å². The molecule has 2 N–H and O–H groups in total. The van der Waals surface area contributed by atoms with E-state index in [2.05, 4.69) is 0 Å². The molecule has 2 fully saturated rings. The smallest absolute Gasteiger partial charge is 0.162 e. The molecule has 0 amide bonds. The van der Waals surface area contributed by atoms with Crippen LogP contribution >= 0.6 is 0 Å². The molecule has 2 saturated carbocycles. The molecule has 2 atom stereocenters. The van der Waals surface area contributed by atoms with Crippen LogP contribution in [0.1, 0.15) is 44.9 Å². The van der Waals surface area contributed by atoms with Crippen LogP contribution in [-0.2, 0) is 0 Å². The average Bonchev–Trinajstić information content (AvgIpc) is 2.70. The van der Waals surface area contributed by atoms with Gasteiger partial charge in [-0.1, -0.05) is 25.7 Å². The molecule has 3 rings (SSSR count). The Kier molecular flexibility index (Phi) is 3.67. The monoisotopic (exact) mass is 281 g/mol. The number of ether oxygens (including phenoxy) is 1. The summed E-state index contributed by atoms with van der Waals surface area (Å²) in [5, 5.41) is 0. The molecule has 2 unspecified atom stereocenters. The van der Waals surface area contributed by atoms with Crippen molar-refractivity contribution in [3.05, 3.63) is 29.8 Å². The second-order valence-corrected chi connectivity index (χ2v) is 6.17. The molecule has 1 aromatic carbocycles. The zero-order valence-electron chi connectivity index (χ0n) is 11.6. The Labute approximate surface area is 118 Å². The predicted molar refractivity (Wildman–Crippen MR) is 73.5 cm³/mol. The summed E-state index contributed by atoms with van der Waals surface area (Å²) < 4.78 is 32.1. The molecule has 0 saturated heterocycles. The highest BCUT2D eigenvalue weighted by atomic mass is 19.2. The van der Waals surface area contributed by atoms with Gasteiger partial charge in [0.25, 0.3) is 0 Å². The lowest BCUT2D eigenvalue weighted by Gasteiger charge is -2.54. The number of hydrogen-bond donors (Lipinski definition) is 1. The van der Waals surface area contributed by atoms with Gasteiger partial charge in [0.15, 0.2) is 11.6 Å². The lowest BCUT2D eigenvalue weighted by Crippen LogP contribution is -2.63. The number of halogens is 2. The lowest BCUT2D eigenvalue weighted by atomic mass is 9.58. The maximum absolute atomic E-state index is 13.2. The van der Waals surface area contributed by atoms with Gasteiger partial charge in [0.05, 0.1) is 0 Å². The van der Waals surface area contributed by atoms with Gasteiger partial charge in [0.1, 0.15) is 11.9 Å². The molecule has 1 aromatic rings. The Hall–Kier alpha value is -1.16. The Morgan fingerprint density at radius 1 is 1.05 bits per heavy atom. The van der Waals surface area contributed by atoms with Crippen molar-refractivity contribution in [3.8, 4) is 5.75 Å². The summed E-state index contributed by atoms with van der Waals surface area (Å²) in [4.78, 5) is 0. The van der Waals surface area contributed by atoms with E-state index in [0.29, 0.717) is 5.75 Å². The van der Waals surface area contributed by atoms with Crippen molar-refractivity contribution in [2.45, 2.75) is 57.1 Å². The van der Waals surface area contributed by atoms with Gasteiger partial charge in [-0.15, -0.1) is 0 Å². The van der Waals surface area contributed by atoms with Gasteiger partial charge >= 0.3 is 0 Å². The highest BCUT2D eigenvalue weighted by Crippen LogP contribution is 2.51. The Morgan fingerprint density at radius 2 is 1.75 bits per heavy atom. The molecule has 2 aliphatic carbocycles. The fraction of sp³-hybridized carbons (Fsp3) is 0.625. The topological polar surface area (TPSA) is 35.2 Å². The first kappa shape index (κ1) is 13.8. The van der Waals surface area contributed by atoms with Crippen LogP contribution in [0.4, 0.5) is 8.78 Å². The SMILES string of the molecule is NC1CC(Oc2ccc(F)c(F)c2)C12CCCCCC2. The minimum atomic E-state index is -0.860. The third-order valence-electron chi connectivity index (χ3n) is 5.05. The molecule has 20 heavy (non-hydrogen) atoms. The normalized spacial score (nSPS) is 28.8. The van der Waals surface area contributed by atoms with Crippen molar-refractivity contribution in [2.75, 3.05) is 0 Å². The zero-order chi connectivity index (χ0) is 14.2. The summed E-state index contributed by atoms with van der Waals surface area (Å²) in [5.74, 6) is -1.29. The summed E-state index contributed by atoms with van der Waals surface area (Å²) in [7, 11) is 0. The molecule has 0 bridgehead atoms. The maximum atomic E-state index is 13.2. The third-order valence-corrected chi connectivity index (χ3v) is 5.05. The summed E-state index contributed by atoms with van der Waals surface area (Å²) >= 11 is 0. The second kappa shape index (κ2) is 5.32. The van der Waals surface area contributed by atoms with E-state index in [1.54, 1.807) is 0 Å². The summed E-state index contributed by atoms with van der Waals surface area (Å²) in [6.45, 7) is 0. The summed E-state index contributed by atoms with van der Waals surface area (Å²) in [6.07, 6.45) is 7.90. The van der Waals surface area contributed by atoms with E-state index in [9.17, 15) is 8.78 Å². The maximum Gasteiger partial charge on any atom is 0.162 e. The van der Waals surface area contributed by atoms with Crippen LogP contribution in [0.5, 0.6) is 5.75 Å². The van der Waals surface area contributed by atoms with Gasteiger partial charge in [-0.2, -0.15) is 0 Å². The van der Waals surface area contributed by atoms with Crippen molar-refractivity contribution in [3.63, 3.8) is 0 Å². The van der Waals surface area contributed by atoms with Crippen LogP contribution in [0, 0.1) is 17.0 Å². The largest absolute Gasteiger partial charge is 0.490 e. The molecule has 110 valence electrons. The van der Waals surface area contributed by atoms with Crippen LogP contribution in [0.15, 0.2) is 18.2 Å². The number of rotatable bonds is 2. The Balaban J connectivity index is 1.75. The van der Waals surface area contributed by atoms with Crippen LogP contribution in [0.2, 0.25) is 0 Å². The van der Waals surface area contributed by atoms with Gasteiger partial charge in [-0.3, -0.25) is 0 Å². The summed E-state index contributed by atoms with van der Waals surface area (Å²) in [6, 6.07) is 3.91. The molecule has 4 heteroatoms. The molecule has 2 aliphatic rings. The highest BCUT2D eigenvalue weighted by Gasteiger charge is 2.54. The van der Waals surface area contributed by atoms with E-state index in [0.717, 1.165) is 31.4 Å². The summed E-state index contributed by atoms with van der Waals surface area (Å²) in [5.41, 5.74) is 6.28. The zero-order valence-corrected chi connectivity index (χ0v) is 11.6. The predicted octanol–water partition coefficient (Wildman–Crippen LogP) is 3.78. The molecule has 0 aromatic heterocycles. The van der Waals surface area contributed by atoms with Gasteiger partial charge in [-0.25, -0.2) is 8.78 Å². The molecule has 1 spiro atoms. The molecule has 0 radical (unpaired) electrons. The van der Waals surface area contributed by atoms with Gasteiger partial charge in [0.2, 0.25) is 0 Å². The first-order valence-corrected chi connectivity index (χ1v) is 7.49. The van der Waals surface area contributed by atoms with Crippen molar-refractivity contribution in [1.82, 2.24) is 0 Å². The minimum Gasteiger partial charge on any atom is -0.490 e. The molecule has 0 aliphatic heterocycles. The quantitative estimate of drug-likeness (QED) is 0.895. The van der Waals surface area contributed by atoms with Gasteiger partial charge < -0.3 is 10.5 Å². The van der Waals surface area contributed by atoms with Crippen molar-refractivity contribution in [1.29, 1.82) is 0 Å². The van der Waals surface area contributed by atoms with Crippen LogP contribution in [-0.4, -0.2) is 12.1 Å². The highest BCUT2D eigenvalue weighted by molar-refractivity contribution is 5.25. The lowest BCUT2D eigenvalue weighted by molar-refractivity contribution is -0.0771. The minimum absolute atomic E-state index is 0.0421. The molecular formula is C16H21F2NO. The standard InChI is InChI=1S/C16H21F2NO/c17-12-6-5-11(9-13(12)18)20-15-10-14(19)16(15)7-3-1-2-4-8-16/h5-6,9,14-15H,1-4,7-8,10,19H2. The number of nitrogens with two attached hydrogens (primary N) is 1. The first-order valence-electron chi connectivity index (χ1n) is 7.49. The third kappa shape index (κ3) is 2.30. The Bertz CT molecular complexity index is 483. The molecular weight excluding hydrogens is 260 g/mol. The van der Waals surface area contributed by atoms with E-state index in [1.165, 1.54) is 31.7 Å².